The van der Waals surface area contributed by atoms with E-state index in [1.165, 1.54) is 0 Å². The van der Waals surface area contributed by atoms with Gasteiger partial charge < -0.3 is 5.32 Å². The molecule has 6 heteroatoms. The summed E-state index contributed by atoms with van der Waals surface area (Å²) in [6.07, 6.45) is 2.39. The number of aromatic nitrogens is 2. The Kier molecular flexibility index (Phi) is 5.32. The fourth-order valence-electron chi connectivity index (χ4n) is 2.38. The van der Waals surface area contributed by atoms with Gasteiger partial charge in [0, 0.05) is 30.2 Å². The van der Waals surface area contributed by atoms with Crippen LogP contribution in [0.4, 0.5) is 0 Å². The van der Waals surface area contributed by atoms with Crippen LogP contribution in [0, 0.1) is 0 Å². The summed E-state index contributed by atoms with van der Waals surface area (Å²) in [6.45, 7) is 8.94. The first-order valence-electron chi connectivity index (χ1n) is 7.86. The third-order valence-corrected chi connectivity index (χ3v) is 4.83. The van der Waals surface area contributed by atoms with Crippen LogP contribution in [0.15, 0.2) is 16.0 Å². The van der Waals surface area contributed by atoms with Crippen molar-refractivity contribution < 1.29 is 4.79 Å². The van der Waals surface area contributed by atoms with E-state index in [9.17, 15) is 9.59 Å². The van der Waals surface area contributed by atoms with Gasteiger partial charge in [0.2, 0.25) is 5.91 Å². The average molecular weight is 323 g/mol. The molecule has 22 heavy (non-hydrogen) atoms. The van der Waals surface area contributed by atoms with Crippen LogP contribution in [0.25, 0.3) is 0 Å². The number of nitrogens with zero attached hydrogens (tertiary/aromatic N) is 2. The number of nitrogens with one attached hydrogen (secondary N) is 1. The molecule has 0 saturated heterocycles. The molecule has 0 spiro atoms. The standard InChI is InChI=1S/C16H25N3O2S/c1-5-6-7-17-13(20)8-11-10-22-15-18-12(16(2,3)4)9-14(21)19(11)15/h9,11H,5-8,10H2,1-4H3,(H,17,20). The Morgan fingerprint density at radius 2 is 2.23 bits per heavy atom. The maximum atomic E-state index is 12.4. The van der Waals surface area contributed by atoms with Crippen molar-refractivity contribution in [3.8, 4) is 0 Å². The van der Waals surface area contributed by atoms with E-state index in [0.717, 1.165) is 29.4 Å². The molecule has 0 saturated carbocycles. The summed E-state index contributed by atoms with van der Waals surface area (Å²) in [6, 6.07) is 1.52. The zero-order valence-corrected chi connectivity index (χ0v) is 14.6. The van der Waals surface area contributed by atoms with E-state index in [1.807, 2.05) is 20.8 Å². The van der Waals surface area contributed by atoms with Gasteiger partial charge in [0.05, 0.1) is 11.7 Å². The van der Waals surface area contributed by atoms with E-state index in [2.05, 4.69) is 17.2 Å². The van der Waals surface area contributed by atoms with Gasteiger partial charge in [-0.2, -0.15) is 0 Å². The highest BCUT2D eigenvalue weighted by atomic mass is 32.2. The first kappa shape index (κ1) is 17.1. The van der Waals surface area contributed by atoms with Gasteiger partial charge in [-0.15, -0.1) is 0 Å². The number of unbranched alkanes of at least 4 members (excludes halogenated alkanes) is 1. The molecule has 1 N–H and O–H groups in total. The normalized spacial score (nSPS) is 17.4. The number of rotatable bonds is 5. The molecule has 0 radical (unpaired) electrons. The number of hydrogen-bond acceptors (Lipinski definition) is 4. The monoisotopic (exact) mass is 323 g/mol. The van der Waals surface area contributed by atoms with E-state index in [-0.39, 0.29) is 22.9 Å². The Morgan fingerprint density at radius 1 is 1.50 bits per heavy atom. The maximum absolute atomic E-state index is 12.4. The number of fused-ring (bicyclic) bond motifs is 1. The van der Waals surface area contributed by atoms with Crippen molar-refractivity contribution in [1.29, 1.82) is 0 Å². The van der Waals surface area contributed by atoms with Crippen LogP contribution in [0.3, 0.4) is 0 Å². The molecule has 2 heterocycles. The van der Waals surface area contributed by atoms with Crippen molar-refractivity contribution in [1.82, 2.24) is 14.9 Å². The molecule has 1 atom stereocenters. The molecule has 0 aliphatic carbocycles. The summed E-state index contributed by atoms with van der Waals surface area (Å²) in [4.78, 5) is 29.0. The van der Waals surface area contributed by atoms with E-state index in [1.54, 1.807) is 22.4 Å². The summed E-state index contributed by atoms with van der Waals surface area (Å²) in [5, 5.41) is 3.65. The lowest BCUT2D eigenvalue weighted by molar-refractivity contribution is -0.121. The number of carbonyl (C=O) groups is 1. The SMILES string of the molecule is CCCCNC(=O)CC1CSc2nc(C(C)(C)C)cc(=O)n21. The van der Waals surface area contributed by atoms with E-state index >= 15 is 0 Å². The average Bonchev–Trinajstić information content (AvgIpc) is 2.81. The summed E-state index contributed by atoms with van der Waals surface area (Å²) in [7, 11) is 0. The highest BCUT2D eigenvalue weighted by Gasteiger charge is 2.29. The van der Waals surface area contributed by atoms with Crippen molar-refractivity contribution in [3.63, 3.8) is 0 Å². The number of hydrogen-bond donors (Lipinski definition) is 1. The van der Waals surface area contributed by atoms with Gasteiger partial charge in [-0.05, 0) is 6.42 Å². The van der Waals surface area contributed by atoms with Crippen molar-refractivity contribution in [3.05, 3.63) is 22.1 Å². The fraction of sp³-hybridized carbons (Fsp3) is 0.688. The molecule has 0 bridgehead atoms. The van der Waals surface area contributed by atoms with E-state index < -0.39 is 0 Å². The highest BCUT2D eigenvalue weighted by Crippen LogP contribution is 2.33. The van der Waals surface area contributed by atoms with Crippen LogP contribution in [0.1, 0.15) is 58.7 Å². The van der Waals surface area contributed by atoms with Gasteiger partial charge in [-0.3, -0.25) is 14.2 Å². The quantitative estimate of drug-likeness (QED) is 0.668. The largest absolute Gasteiger partial charge is 0.356 e. The molecule has 0 aromatic carbocycles. The van der Waals surface area contributed by atoms with Crippen LogP contribution >= 0.6 is 11.8 Å². The van der Waals surface area contributed by atoms with Gasteiger partial charge in [0.25, 0.3) is 5.56 Å². The summed E-state index contributed by atoms with van der Waals surface area (Å²) in [5.74, 6) is 0.746. The molecule has 1 aliphatic rings. The fourth-order valence-corrected chi connectivity index (χ4v) is 3.53. The Morgan fingerprint density at radius 3 is 2.86 bits per heavy atom. The lowest BCUT2D eigenvalue weighted by atomic mass is 9.92. The van der Waals surface area contributed by atoms with Crippen molar-refractivity contribution >= 4 is 17.7 Å². The molecule has 1 aromatic heterocycles. The molecule has 1 unspecified atom stereocenters. The maximum Gasteiger partial charge on any atom is 0.254 e. The summed E-state index contributed by atoms with van der Waals surface area (Å²) in [5.41, 5.74) is 0.612. The van der Waals surface area contributed by atoms with Gasteiger partial charge >= 0.3 is 0 Å². The minimum atomic E-state index is -0.148. The Bertz CT molecular complexity index is 604. The van der Waals surface area contributed by atoms with Crippen LogP contribution in [-0.4, -0.2) is 27.8 Å². The van der Waals surface area contributed by atoms with Crippen molar-refractivity contribution in [2.45, 2.75) is 63.6 Å². The molecule has 0 fully saturated rings. The number of thioether (sulfide) groups is 1. The molecule has 122 valence electrons. The Balaban J connectivity index is 2.13. The number of carbonyl (C=O) groups excluding carboxylic acids is 1. The Hall–Kier alpha value is -1.30. The Labute approximate surface area is 135 Å². The predicted octanol–water partition coefficient (Wildman–Crippen LogP) is 2.49. The van der Waals surface area contributed by atoms with Gasteiger partial charge in [0.1, 0.15) is 0 Å². The minimum absolute atomic E-state index is 0.0127. The third-order valence-electron chi connectivity index (χ3n) is 3.73. The summed E-state index contributed by atoms with van der Waals surface area (Å²) < 4.78 is 1.68. The minimum Gasteiger partial charge on any atom is -0.356 e. The second kappa shape index (κ2) is 6.86. The molecule has 1 aliphatic heterocycles. The molecule has 1 amide bonds. The highest BCUT2D eigenvalue weighted by molar-refractivity contribution is 7.99. The van der Waals surface area contributed by atoms with Crippen LogP contribution < -0.4 is 10.9 Å². The molecule has 5 nitrogen and oxygen atoms in total. The van der Waals surface area contributed by atoms with Crippen LogP contribution in [0.5, 0.6) is 0 Å². The topological polar surface area (TPSA) is 64.0 Å². The van der Waals surface area contributed by atoms with Crippen LogP contribution in [0.2, 0.25) is 0 Å². The van der Waals surface area contributed by atoms with E-state index in [4.69, 9.17) is 0 Å². The van der Waals surface area contributed by atoms with Gasteiger partial charge in [0.15, 0.2) is 5.16 Å². The molecule has 1 aromatic rings. The molecule has 2 rings (SSSR count). The smallest absolute Gasteiger partial charge is 0.254 e. The molecular formula is C16H25N3O2S. The first-order valence-corrected chi connectivity index (χ1v) is 8.85. The van der Waals surface area contributed by atoms with Crippen LogP contribution in [-0.2, 0) is 10.2 Å². The second-order valence-corrected chi connectivity index (χ2v) is 7.74. The predicted molar refractivity (Wildman–Crippen MR) is 89.5 cm³/mol. The summed E-state index contributed by atoms with van der Waals surface area (Å²) >= 11 is 1.56. The zero-order valence-electron chi connectivity index (χ0n) is 13.8. The lowest BCUT2D eigenvalue weighted by Crippen LogP contribution is -2.32. The second-order valence-electron chi connectivity index (χ2n) is 6.75. The number of amides is 1. The van der Waals surface area contributed by atoms with Gasteiger partial charge in [-0.25, -0.2) is 4.98 Å². The van der Waals surface area contributed by atoms with E-state index in [0.29, 0.717) is 13.0 Å². The third kappa shape index (κ3) is 3.91. The lowest BCUT2D eigenvalue weighted by Gasteiger charge is -2.19. The van der Waals surface area contributed by atoms with Gasteiger partial charge in [-0.1, -0.05) is 45.9 Å². The van der Waals surface area contributed by atoms with Crippen molar-refractivity contribution in [2.24, 2.45) is 0 Å². The first-order chi connectivity index (χ1) is 10.3. The molecular weight excluding hydrogens is 298 g/mol. The van der Waals surface area contributed by atoms with Crippen molar-refractivity contribution in [2.75, 3.05) is 12.3 Å². The zero-order chi connectivity index (χ0) is 16.3.